The lowest BCUT2D eigenvalue weighted by Gasteiger charge is -2.42. The summed E-state index contributed by atoms with van der Waals surface area (Å²) in [5.74, 6) is 0.922. The summed E-state index contributed by atoms with van der Waals surface area (Å²) in [5.41, 5.74) is 1.62. The molecule has 3 N–H and O–H groups in total. The van der Waals surface area contributed by atoms with E-state index in [1.54, 1.807) is 6.07 Å². The van der Waals surface area contributed by atoms with Crippen molar-refractivity contribution in [1.29, 1.82) is 0 Å². The fraction of sp³-hybridized carbons (Fsp3) is 0.647. The van der Waals surface area contributed by atoms with Crippen molar-refractivity contribution in [3.8, 4) is 5.75 Å². The first-order valence-corrected chi connectivity index (χ1v) is 8.34. The number of benzene rings is 1. The summed E-state index contributed by atoms with van der Waals surface area (Å²) in [7, 11) is 0. The van der Waals surface area contributed by atoms with Crippen LogP contribution in [0.4, 0.5) is 0 Å². The van der Waals surface area contributed by atoms with E-state index in [0.29, 0.717) is 25.2 Å². The van der Waals surface area contributed by atoms with Crippen LogP contribution >= 0.6 is 0 Å². The predicted octanol–water partition coefficient (Wildman–Crippen LogP) is 2.60. The van der Waals surface area contributed by atoms with E-state index in [4.69, 9.17) is 9.31 Å². The molecule has 130 valence electrons. The summed E-state index contributed by atoms with van der Waals surface area (Å²) in [4.78, 5) is 0. The summed E-state index contributed by atoms with van der Waals surface area (Å²) in [6.07, 6.45) is -0.124. The van der Waals surface area contributed by atoms with Crippen LogP contribution in [0.5, 0.6) is 5.75 Å². The van der Waals surface area contributed by atoms with Crippen LogP contribution in [0.1, 0.15) is 51.8 Å². The van der Waals surface area contributed by atoms with E-state index in [-0.39, 0.29) is 11.5 Å². The minimum absolute atomic E-state index is 0.0444. The molecule has 2 rings (SSSR count). The molecular formula is C17H29BNO4-. The Kier molecular flexibility index (Phi) is 5.41. The predicted molar refractivity (Wildman–Crippen MR) is 92.2 cm³/mol. The summed E-state index contributed by atoms with van der Waals surface area (Å²) in [5, 5.41) is 24.0. The van der Waals surface area contributed by atoms with Gasteiger partial charge in [-0.05, 0) is 38.5 Å². The second-order valence-corrected chi connectivity index (χ2v) is 7.90. The lowest BCUT2D eigenvalue weighted by molar-refractivity contribution is 0.122. The number of fused-ring (bicyclic) bond motifs is 1. The second-order valence-electron chi connectivity index (χ2n) is 7.90. The third-order valence-electron chi connectivity index (χ3n) is 3.87. The summed E-state index contributed by atoms with van der Waals surface area (Å²) < 4.78 is 11.2. The number of hydrogen-bond acceptors (Lipinski definition) is 5. The molecule has 0 saturated carbocycles. The summed E-state index contributed by atoms with van der Waals surface area (Å²) >= 11 is 0. The first-order chi connectivity index (χ1) is 10.6. The number of aliphatic hydroxyl groups is 1. The van der Waals surface area contributed by atoms with Gasteiger partial charge in [0.15, 0.2) is 0 Å². The Hall–Kier alpha value is -1.08. The van der Waals surface area contributed by atoms with Gasteiger partial charge in [-0.25, -0.2) is 0 Å². The number of β-amino-alcohol motifs (C(OH)–C–C–N with tert-alkyl or cyclic N) is 1. The van der Waals surface area contributed by atoms with Gasteiger partial charge < -0.3 is 24.8 Å². The molecule has 1 aliphatic rings. The molecule has 5 nitrogen and oxygen atoms in total. The molecule has 1 heterocycles. The zero-order valence-corrected chi connectivity index (χ0v) is 14.8. The Morgan fingerprint density at radius 3 is 2.61 bits per heavy atom. The summed E-state index contributed by atoms with van der Waals surface area (Å²) in [6.45, 7) is 8.74. The maximum atomic E-state index is 10.4. The van der Waals surface area contributed by atoms with Crippen LogP contribution in [0.25, 0.3) is 0 Å². The smallest absolute Gasteiger partial charge is 0.433 e. The van der Waals surface area contributed by atoms with Crippen molar-refractivity contribution in [2.75, 3.05) is 6.54 Å². The van der Waals surface area contributed by atoms with Gasteiger partial charge in [-0.2, -0.15) is 0 Å². The molecule has 0 radical (unpaired) electrons. The molecule has 2 atom stereocenters. The quantitative estimate of drug-likeness (QED) is 0.727. The Balaban J connectivity index is 2.07. The fourth-order valence-corrected chi connectivity index (χ4v) is 2.72. The lowest BCUT2D eigenvalue weighted by Crippen LogP contribution is -2.49. The largest absolute Gasteiger partial charge is 0.670 e. The van der Waals surface area contributed by atoms with Crippen LogP contribution in [0.2, 0.25) is 6.32 Å². The van der Waals surface area contributed by atoms with E-state index < -0.39 is 12.9 Å². The third kappa shape index (κ3) is 5.21. The Morgan fingerprint density at radius 1 is 1.30 bits per heavy atom. The van der Waals surface area contributed by atoms with Gasteiger partial charge in [-0.3, -0.25) is 0 Å². The van der Waals surface area contributed by atoms with Gasteiger partial charge in [0.25, 0.3) is 0 Å². The molecule has 0 fully saturated rings. The maximum Gasteiger partial charge on any atom is 0.433 e. The minimum atomic E-state index is -2.26. The van der Waals surface area contributed by atoms with Gasteiger partial charge in [0.1, 0.15) is 0 Å². The molecule has 1 aromatic carbocycles. The molecule has 0 amide bonds. The van der Waals surface area contributed by atoms with Gasteiger partial charge >= 0.3 is 6.75 Å². The number of aliphatic hydroxyl groups excluding tert-OH is 1. The zero-order chi connectivity index (χ0) is 17.3. The van der Waals surface area contributed by atoms with E-state index in [2.05, 4.69) is 26.1 Å². The molecule has 1 aromatic rings. The van der Waals surface area contributed by atoms with Crippen LogP contribution in [-0.4, -0.2) is 29.0 Å². The van der Waals surface area contributed by atoms with Crippen LogP contribution in [-0.2, 0) is 11.3 Å². The van der Waals surface area contributed by atoms with Gasteiger partial charge in [0, 0.05) is 24.3 Å². The van der Waals surface area contributed by atoms with Gasteiger partial charge in [-0.1, -0.05) is 32.2 Å². The molecule has 0 aromatic heterocycles. The molecule has 0 spiro atoms. The van der Waals surface area contributed by atoms with Crippen molar-refractivity contribution in [1.82, 2.24) is 5.32 Å². The maximum absolute atomic E-state index is 10.4. The first-order valence-electron chi connectivity index (χ1n) is 8.34. The van der Waals surface area contributed by atoms with Gasteiger partial charge in [0.05, 0.1) is 11.9 Å². The SMILES string of the molecule is CC(C)C[B-]1(O)OCc2cc([C@@H](O)CNC(C)(C)C)ccc2O1. The highest BCUT2D eigenvalue weighted by Crippen LogP contribution is 2.33. The second kappa shape index (κ2) is 6.81. The Morgan fingerprint density at radius 2 is 2.00 bits per heavy atom. The van der Waals surface area contributed by atoms with E-state index in [1.165, 1.54) is 0 Å². The minimum Gasteiger partial charge on any atom is -0.670 e. The van der Waals surface area contributed by atoms with Crippen molar-refractivity contribution >= 4 is 6.75 Å². The first kappa shape index (κ1) is 18.3. The fourth-order valence-electron chi connectivity index (χ4n) is 2.72. The average molecular weight is 322 g/mol. The van der Waals surface area contributed by atoms with Crippen LogP contribution in [0, 0.1) is 5.92 Å². The number of nitrogens with one attached hydrogen (secondary N) is 1. The summed E-state index contributed by atoms with van der Waals surface area (Å²) in [6, 6.07) is 5.53. The van der Waals surface area contributed by atoms with Crippen molar-refractivity contribution in [2.24, 2.45) is 5.92 Å². The van der Waals surface area contributed by atoms with Crippen molar-refractivity contribution in [3.05, 3.63) is 29.3 Å². The zero-order valence-electron chi connectivity index (χ0n) is 14.8. The van der Waals surface area contributed by atoms with E-state index in [9.17, 15) is 10.1 Å². The van der Waals surface area contributed by atoms with Crippen LogP contribution in [0.3, 0.4) is 0 Å². The van der Waals surface area contributed by atoms with Crippen molar-refractivity contribution in [2.45, 2.75) is 59.2 Å². The average Bonchev–Trinajstić information content (AvgIpc) is 2.42. The number of rotatable bonds is 5. The Bertz CT molecular complexity index is 544. The van der Waals surface area contributed by atoms with E-state index in [1.807, 2.05) is 26.0 Å². The highest BCUT2D eigenvalue weighted by Gasteiger charge is 2.32. The highest BCUT2D eigenvalue weighted by atomic mass is 16.7. The molecule has 0 aliphatic carbocycles. The van der Waals surface area contributed by atoms with Gasteiger partial charge in [0.2, 0.25) is 0 Å². The Labute approximate surface area is 139 Å². The van der Waals surface area contributed by atoms with Crippen molar-refractivity contribution in [3.63, 3.8) is 0 Å². The van der Waals surface area contributed by atoms with Crippen molar-refractivity contribution < 1.29 is 19.4 Å². The normalized spacial score (nSPS) is 22.6. The lowest BCUT2D eigenvalue weighted by atomic mass is 9.69. The molecule has 6 heteroatoms. The van der Waals surface area contributed by atoms with Gasteiger partial charge in [-0.15, -0.1) is 0 Å². The third-order valence-corrected chi connectivity index (χ3v) is 3.87. The van der Waals surface area contributed by atoms with Crippen LogP contribution in [0.15, 0.2) is 18.2 Å². The molecular weight excluding hydrogens is 293 g/mol. The molecule has 1 unspecified atom stereocenters. The molecule has 23 heavy (non-hydrogen) atoms. The molecule has 0 bridgehead atoms. The number of hydrogen-bond donors (Lipinski definition) is 3. The molecule has 0 saturated heterocycles. The standard InChI is InChI=1S/C17H29BNO4/c1-12(2)9-18(21)22-11-14-8-13(6-7-16(14)23-18)15(20)10-19-17(3,4)5/h6-8,12,15,19-21H,9-11H2,1-5H3/q-1/t15-,18?/m0/s1. The van der Waals surface area contributed by atoms with E-state index in [0.717, 1.165) is 11.1 Å². The topological polar surface area (TPSA) is 71.0 Å². The van der Waals surface area contributed by atoms with E-state index >= 15 is 0 Å². The van der Waals surface area contributed by atoms with Crippen LogP contribution < -0.4 is 9.97 Å². The monoisotopic (exact) mass is 322 g/mol. The highest BCUT2D eigenvalue weighted by molar-refractivity contribution is 6.60. The molecule has 1 aliphatic heterocycles.